The van der Waals surface area contributed by atoms with Crippen molar-refractivity contribution in [3.8, 4) is 11.4 Å². The molecule has 0 atom stereocenters. The van der Waals surface area contributed by atoms with Crippen LogP contribution in [0.4, 0.5) is 5.69 Å². The Hall–Kier alpha value is -1.88. The van der Waals surface area contributed by atoms with E-state index in [-0.39, 0.29) is 0 Å². The minimum atomic E-state index is 0.514. The molecule has 0 saturated heterocycles. The van der Waals surface area contributed by atoms with Gasteiger partial charge in [-0.05, 0) is 31.9 Å². The molecule has 2 rings (SSSR count). The topological polar surface area (TPSA) is 63.0 Å². The molecule has 0 aliphatic heterocycles. The Bertz CT molecular complexity index is 575. The first kappa shape index (κ1) is 13.5. The zero-order valence-corrected chi connectivity index (χ0v) is 11.8. The van der Waals surface area contributed by atoms with Crippen LogP contribution >= 0.6 is 0 Å². The van der Waals surface area contributed by atoms with E-state index in [9.17, 15) is 5.21 Å². The number of aryl methyl sites for hydroxylation is 2. The molecule has 0 spiro atoms. The second-order valence-electron chi connectivity index (χ2n) is 5.11. The number of rotatable bonds is 4. The van der Waals surface area contributed by atoms with Gasteiger partial charge in [0, 0.05) is 12.7 Å². The number of nitrogens with zero attached hydrogens (tertiary/aromatic N) is 3. The highest BCUT2D eigenvalue weighted by atomic mass is 16.5. The quantitative estimate of drug-likeness (QED) is 0.829. The molecule has 0 aliphatic rings. The fraction of sp³-hybridized carbons (Fsp3) is 0.429. The second-order valence-corrected chi connectivity index (χ2v) is 5.11. The Balaban J connectivity index is 2.61. The maximum atomic E-state index is 9.23. The monoisotopic (exact) mass is 260 g/mol. The largest absolute Gasteiger partial charge is 0.326 e. The summed E-state index contributed by atoms with van der Waals surface area (Å²) in [4.78, 5) is 8.91. The molecular formula is C14H20N4O. The van der Waals surface area contributed by atoms with Gasteiger partial charge in [0.1, 0.15) is 11.5 Å². The van der Waals surface area contributed by atoms with Gasteiger partial charge < -0.3 is 4.57 Å². The summed E-state index contributed by atoms with van der Waals surface area (Å²) in [5, 5.41) is 9.23. The van der Waals surface area contributed by atoms with E-state index in [0.717, 1.165) is 29.5 Å². The Labute approximate surface area is 113 Å². The van der Waals surface area contributed by atoms with Crippen molar-refractivity contribution in [2.24, 2.45) is 5.92 Å². The molecule has 0 aliphatic carbocycles. The predicted octanol–water partition coefficient (Wildman–Crippen LogP) is 3.02. The second kappa shape index (κ2) is 5.40. The number of anilines is 1. The Morgan fingerprint density at radius 2 is 2.11 bits per heavy atom. The zero-order chi connectivity index (χ0) is 14.0. The average Bonchev–Trinajstić information content (AvgIpc) is 2.63. The summed E-state index contributed by atoms with van der Waals surface area (Å²) in [6.45, 7) is 9.18. The number of imidazole rings is 1. The maximum absolute atomic E-state index is 9.23. The van der Waals surface area contributed by atoms with Gasteiger partial charge >= 0.3 is 0 Å². The molecule has 5 nitrogen and oxygen atoms in total. The van der Waals surface area contributed by atoms with E-state index in [0.29, 0.717) is 11.6 Å². The number of aromatic nitrogens is 3. The smallest absolute Gasteiger partial charge is 0.114 e. The molecule has 0 fully saturated rings. The molecule has 19 heavy (non-hydrogen) atoms. The molecule has 2 heterocycles. The van der Waals surface area contributed by atoms with Crippen LogP contribution in [0.1, 0.15) is 25.4 Å². The summed E-state index contributed by atoms with van der Waals surface area (Å²) < 4.78 is 2.16. The molecule has 0 aromatic carbocycles. The lowest BCUT2D eigenvalue weighted by Crippen LogP contribution is -2.09. The van der Waals surface area contributed by atoms with Gasteiger partial charge in [-0.15, -0.1) is 0 Å². The first-order valence-corrected chi connectivity index (χ1v) is 6.43. The molecule has 0 bridgehead atoms. The minimum absolute atomic E-state index is 0.514. The molecule has 2 aromatic heterocycles. The van der Waals surface area contributed by atoms with Crippen LogP contribution in [0.25, 0.3) is 11.4 Å². The SMILES string of the molecule is Cc1nc(C)n(CC(C)C)c1-c1ncccc1NO. The summed E-state index contributed by atoms with van der Waals surface area (Å²) >= 11 is 0. The Kier molecular flexibility index (Phi) is 3.85. The summed E-state index contributed by atoms with van der Waals surface area (Å²) in [7, 11) is 0. The van der Waals surface area contributed by atoms with Crippen LogP contribution in [0.3, 0.4) is 0 Å². The van der Waals surface area contributed by atoms with Crippen molar-refractivity contribution >= 4 is 5.69 Å². The van der Waals surface area contributed by atoms with Gasteiger partial charge in [0.05, 0.1) is 17.1 Å². The van der Waals surface area contributed by atoms with Crippen LogP contribution in [0.15, 0.2) is 18.3 Å². The third-order valence-corrected chi connectivity index (χ3v) is 3.03. The van der Waals surface area contributed by atoms with E-state index in [2.05, 4.69) is 33.9 Å². The number of hydrogen-bond acceptors (Lipinski definition) is 4. The molecular weight excluding hydrogens is 240 g/mol. The molecule has 2 N–H and O–H groups in total. The van der Waals surface area contributed by atoms with E-state index < -0.39 is 0 Å². The highest BCUT2D eigenvalue weighted by Gasteiger charge is 2.18. The number of hydrogen-bond donors (Lipinski definition) is 2. The third-order valence-electron chi connectivity index (χ3n) is 3.03. The average molecular weight is 260 g/mol. The standard InChI is InChI=1S/C14H20N4O/c1-9(2)8-18-11(4)16-10(3)14(18)13-12(17-19)6-5-7-15-13/h5-7,9,17,19H,8H2,1-4H3. The summed E-state index contributed by atoms with van der Waals surface area (Å²) in [6.07, 6.45) is 1.72. The first-order valence-electron chi connectivity index (χ1n) is 6.43. The van der Waals surface area contributed by atoms with Crippen molar-refractivity contribution in [2.45, 2.75) is 34.2 Å². The lowest BCUT2D eigenvalue weighted by molar-refractivity contribution is 0.389. The fourth-order valence-electron chi connectivity index (χ4n) is 2.29. The number of pyridine rings is 1. The molecule has 0 saturated carbocycles. The summed E-state index contributed by atoms with van der Waals surface area (Å²) in [5.41, 5.74) is 5.41. The van der Waals surface area contributed by atoms with Gasteiger partial charge in [-0.25, -0.2) is 4.98 Å². The van der Waals surface area contributed by atoms with E-state index in [1.54, 1.807) is 18.3 Å². The van der Waals surface area contributed by atoms with Crippen LogP contribution in [-0.4, -0.2) is 19.7 Å². The van der Waals surface area contributed by atoms with E-state index in [4.69, 9.17) is 0 Å². The lowest BCUT2D eigenvalue weighted by atomic mass is 10.1. The highest BCUT2D eigenvalue weighted by molar-refractivity contribution is 5.72. The molecule has 0 amide bonds. The molecule has 2 aromatic rings. The van der Waals surface area contributed by atoms with Gasteiger partial charge in [-0.1, -0.05) is 13.8 Å². The predicted molar refractivity (Wildman–Crippen MR) is 75.2 cm³/mol. The van der Waals surface area contributed by atoms with Crippen molar-refractivity contribution in [1.29, 1.82) is 0 Å². The van der Waals surface area contributed by atoms with Gasteiger partial charge in [0.25, 0.3) is 0 Å². The molecule has 0 radical (unpaired) electrons. The zero-order valence-electron chi connectivity index (χ0n) is 11.8. The van der Waals surface area contributed by atoms with Gasteiger partial charge in [0.2, 0.25) is 0 Å². The molecule has 5 heteroatoms. The minimum Gasteiger partial charge on any atom is -0.326 e. The molecule has 102 valence electrons. The lowest BCUT2D eigenvalue weighted by Gasteiger charge is -2.14. The van der Waals surface area contributed by atoms with Crippen molar-refractivity contribution in [3.63, 3.8) is 0 Å². The summed E-state index contributed by atoms with van der Waals surface area (Å²) in [6, 6.07) is 3.58. The van der Waals surface area contributed by atoms with Crippen LogP contribution in [0, 0.1) is 19.8 Å². The van der Waals surface area contributed by atoms with Crippen molar-refractivity contribution in [2.75, 3.05) is 5.48 Å². The molecule has 0 unspecified atom stereocenters. The number of nitrogens with one attached hydrogen (secondary N) is 1. The third kappa shape index (κ3) is 2.61. The van der Waals surface area contributed by atoms with Gasteiger partial charge in [-0.3, -0.25) is 15.7 Å². The first-order chi connectivity index (χ1) is 9.04. The maximum Gasteiger partial charge on any atom is 0.114 e. The van der Waals surface area contributed by atoms with E-state index in [1.165, 1.54) is 0 Å². The van der Waals surface area contributed by atoms with Crippen LogP contribution in [-0.2, 0) is 6.54 Å². The van der Waals surface area contributed by atoms with Gasteiger partial charge in [-0.2, -0.15) is 0 Å². The summed E-state index contributed by atoms with van der Waals surface area (Å²) in [5.74, 6) is 1.48. The van der Waals surface area contributed by atoms with E-state index >= 15 is 0 Å². The highest BCUT2D eigenvalue weighted by Crippen LogP contribution is 2.29. The van der Waals surface area contributed by atoms with Crippen LogP contribution in [0.5, 0.6) is 0 Å². The van der Waals surface area contributed by atoms with Crippen LogP contribution < -0.4 is 5.48 Å². The Morgan fingerprint density at radius 3 is 2.74 bits per heavy atom. The van der Waals surface area contributed by atoms with Crippen molar-refractivity contribution < 1.29 is 5.21 Å². The van der Waals surface area contributed by atoms with Crippen molar-refractivity contribution in [3.05, 3.63) is 29.8 Å². The fourth-order valence-corrected chi connectivity index (χ4v) is 2.29. The Morgan fingerprint density at radius 1 is 1.37 bits per heavy atom. The van der Waals surface area contributed by atoms with Crippen LogP contribution in [0.2, 0.25) is 0 Å². The normalized spacial score (nSPS) is 11.1. The van der Waals surface area contributed by atoms with Crippen molar-refractivity contribution in [1.82, 2.24) is 14.5 Å². The van der Waals surface area contributed by atoms with E-state index in [1.807, 2.05) is 13.8 Å². The van der Waals surface area contributed by atoms with Gasteiger partial charge in [0.15, 0.2) is 0 Å².